The van der Waals surface area contributed by atoms with Gasteiger partial charge in [0.25, 0.3) is 5.91 Å². The van der Waals surface area contributed by atoms with E-state index in [-0.39, 0.29) is 17.9 Å². The summed E-state index contributed by atoms with van der Waals surface area (Å²) in [4.78, 5) is 27.8. The predicted molar refractivity (Wildman–Crippen MR) is 103 cm³/mol. The predicted octanol–water partition coefficient (Wildman–Crippen LogP) is 3.85. The van der Waals surface area contributed by atoms with Crippen LogP contribution in [0.1, 0.15) is 49.4 Å². The van der Waals surface area contributed by atoms with E-state index in [1.807, 2.05) is 24.3 Å². The minimum absolute atomic E-state index is 0.0661. The van der Waals surface area contributed by atoms with Crippen molar-refractivity contribution in [1.82, 2.24) is 10.3 Å². The standard InChI is InChI=1S/C20H24N4O2/c1-14(25)22-17-8-5-9-18(12-17)23-19-11-10-15(13-21-19)20(26)24-16-6-3-2-4-7-16/h5,8-13,16H,2-4,6-7H2,1H3,(H,21,23)(H,22,25)(H,24,26). The third kappa shape index (κ3) is 5.05. The number of rotatable bonds is 5. The summed E-state index contributed by atoms with van der Waals surface area (Å²) >= 11 is 0. The number of nitrogens with one attached hydrogen (secondary N) is 3. The monoisotopic (exact) mass is 352 g/mol. The van der Waals surface area contributed by atoms with Crippen LogP contribution in [0.3, 0.4) is 0 Å². The van der Waals surface area contributed by atoms with Gasteiger partial charge in [0.15, 0.2) is 0 Å². The van der Waals surface area contributed by atoms with Crippen molar-refractivity contribution in [3.63, 3.8) is 0 Å². The largest absolute Gasteiger partial charge is 0.349 e. The van der Waals surface area contributed by atoms with E-state index in [1.54, 1.807) is 18.3 Å². The number of hydrogen-bond donors (Lipinski definition) is 3. The smallest absolute Gasteiger partial charge is 0.253 e. The lowest BCUT2D eigenvalue weighted by Crippen LogP contribution is -2.36. The first-order valence-electron chi connectivity index (χ1n) is 9.02. The molecule has 0 aliphatic heterocycles. The molecule has 0 saturated heterocycles. The van der Waals surface area contributed by atoms with Crippen LogP contribution in [0.4, 0.5) is 17.2 Å². The lowest BCUT2D eigenvalue weighted by atomic mass is 9.95. The minimum atomic E-state index is -0.117. The molecule has 1 aliphatic rings. The fourth-order valence-electron chi connectivity index (χ4n) is 3.14. The molecule has 136 valence electrons. The van der Waals surface area contributed by atoms with Crippen LogP contribution in [0, 0.1) is 0 Å². The van der Waals surface area contributed by atoms with Crippen LogP contribution in [0.25, 0.3) is 0 Å². The molecule has 26 heavy (non-hydrogen) atoms. The molecule has 2 aromatic rings. The Kier molecular flexibility index (Phi) is 5.84. The first kappa shape index (κ1) is 17.9. The van der Waals surface area contributed by atoms with Gasteiger partial charge in [-0.05, 0) is 43.2 Å². The van der Waals surface area contributed by atoms with Gasteiger partial charge in [-0.3, -0.25) is 9.59 Å². The second-order valence-electron chi connectivity index (χ2n) is 6.63. The number of aromatic nitrogens is 1. The normalized spacial score (nSPS) is 14.5. The third-order valence-corrected chi connectivity index (χ3v) is 4.42. The van der Waals surface area contributed by atoms with Gasteiger partial charge in [0.1, 0.15) is 5.82 Å². The Labute approximate surface area is 153 Å². The molecule has 0 spiro atoms. The number of hydrogen-bond acceptors (Lipinski definition) is 4. The lowest BCUT2D eigenvalue weighted by molar-refractivity contribution is -0.114. The molecule has 1 heterocycles. The Hall–Kier alpha value is -2.89. The van der Waals surface area contributed by atoms with Crippen LogP contribution in [0.15, 0.2) is 42.6 Å². The van der Waals surface area contributed by atoms with Gasteiger partial charge in [0, 0.05) is 30.5 Å². The molecule has 0 radical (unpaired) electrons. The van der Waals surface area contributed by atoms with Gasteiger partial charge in [-0.1, -0.05) is 25.3 Å². The van der Waals surface area contributed by atoms with Gasteiger partial charge in [-0.2, -0.15) is 0 Å². The van der Waals surface area contributed by atoms with E-state index in [2.05, 4.69) is 20.9 Å². The van der Waals surface area contributed by atoms with Crippen molar-refractivity contribution in [1.29, 1.82) is 0 Å². The number of nitrogens with zero attached hydrogens (tertiary/aromatic N) is 1. The van der Waals surface area contributed by atoms with Crippen molar-refractivity contribution >= 4 is 29.0 Å². The van der Waals surface area contributed by atoms with E-state index >= 15 is 0 Å². The highest BCUT2D eigenvalue weighted by atomic mass is 16.2. The van der Waals surface area contributed by atoms with Gasteiger partial charge < -0.3 is 16.0 Å². The van der Waals surface area contributed by atoms with Crippen molar-refractivity contribution in [2.24, 2.45) is 0 Å². The minimum Gasteiger partial charge on any atom is -0.349 e. The van der Waals surface area contributed by atoms with Gasteiger partial charge in [-0.25, -0.2) is 4.98 Å². The second-order valence-corrected chi connectivity index (χ2v) is 6.63. The Morgan fingerprint density at radius 1 is 1.04 bits per heavy atom. The molecule has 0 unspecified atom stereocenters. The lowest BCUT2D eigenvalue weighted by Gasteiger charge is -2.22. The van der Waals surface area contributed by atoms with Gasteiger partial charge in [-0.15, -0.1) is 0 Å². The zero-order valence-corrected chi connectivity index (χ0v) is 14.9. The summed E-state index contributed by atoms with van der Waals surface area (Å²) in [5, 5.41) is 9.00. The van der Waals surface area contributed by atoms with Crippen molar-refractivity contribution in [2.45, 2.75) is 45.1 Å². The van der Waals surface area contributed by atoms with Crippen molar-refractivity contribution < 1.29 is 9.59 Å². The molecular weight excluding hydrogens is 328 g/mol. The zero-order valence-electron chi connectivity index (χ0n) is 14.9. The second kappa shape index (κ2) is 8.47. The average molecular weight is 352 g/mol. The van der Waals surface area contributed by atoms with Crippen molar-refractivity contribution in [2.75, 3.05) is 10.6 Å². The summed E-state index contributed by atoms with van der Waals surface area (Å²) < 4.78 is 0. The summed E-state index contributed by atoms with van der Waals surface area (Å²) in [6, 6.07) is 11.2. The number of carbonyl (C=O) groups excluding carboxylic acids is 2. The molecule has 1 saturated carbocycles. The van der Waals surface area contributed by atoms with E-state index < -0.39 is 0 Å². The fourth-order valence-corrected chi connectivity index (χ4v) is 3.14. The van der Waals surface area contributed by atoms with Crippen LogP contribution in [-0.4, -0.2) is 22.8 Å². The molecule has 6 nitrogen and oxygen atoms in total. The molecule has 1 aromatic heterocycles. The van der Waals surface area contributed by atoms with Crippen molar-refractivity contribution in [3.8, 4) is 0 Å². The van der Waals surface area contributed by atoms with E-state index in [0.29, 0.717) is 17.1 Å². The number of pyridine rings is 1. The summed E-state index contributed by atoms with van der Waals surface area (Å²) in [6.45, 7) is 1.47. The Morgan fingerprint density at radius 3 is 2.50 bits per heavy atom. The molecule has 1 aromatic carbocycles. The highest BCUT2D eigenvalue weighted by Crippen LogP contribution is 2.20. The molecule has 3 N–H and O–H groups in total. The van der Waals surface area contributed by atoms with Gasteiger partial charge >= 0.3 is 0 Å². The van der Waals surface area contributed by atoms with Crippen LogP contribution in [-0.2, 0) is 4.79 Å². The molecule has 3 rings (SSSR count). The molecule has 2 amide bonds. The highest BCUT2D eigenvalue weighted by Gasteiger charge is 2.16. The van der Waals surface area contributed by atoms with E-state index in [0.717, 1.165) is 18.5 Å². The van der Waals surface area contributed by atoms with Crippen molar-refractivity contribution in [3.05, 3.63) is 48.2 Å². The summed E-state index contributed by atoms with van der Waals surface area (Å²) in [6.07, 6.45) is 7.33. The van der Waals surface area contributed by atoms with Crippen LogP contribution >= 0.6 is 0 Å². The Bertz CT molecular complexity index is 768. The third-order valence-electron chi connectivity index (χ3n) is 4.42. The first-order chi connectivity index (χ1) is 12.6. The maximum atomic E-state index is 12.3. The quantitative estimate of drug-likeness (QED) is 0.763. The molecule has 1 aliphatic carbocycles. The van der Waals surface area contributed by atoms with Crippen LogP contribution in [0.5, 0.6) is 0 Å². The Morgan fingerprint density at radius 2 is 1.81 bits per heavy atom. The number of carbonyl (C=O) groups is 2. The first-order valence-corrected chi connectivity index (χ1v) is 9.02. The maximum absolute atomic E-state index is 12.3. The van der Waals surface area contributed by atoms with Crippen LogP contribution < -0.4 is 16.0 Å². The number of anilines is 3. The number of benzene rings is 1. The summed E-state index contributed by atoms with van der Waals surface area (Å²) in [7, 11) is 0. The average Bonchev–Trinajstić information content (AvgIpc) is 2.63. The van der Waals surface area contributed by atoms with Crippen LogP contribution in [0.2, 0.25) is 0 Å². The summed E-state index contributed by atoms with van der Waals surface area (Å²) in [5.41, 5.74) is 2.09. The van der Waals surface area contributed by atoms with E-state index in [1.165, 1.54) is 26.2 Å². The molecule has 0 bridgehead atoms. The molecule has 0 atom stereocenters. The van der Waals surface area contributed by atoms with Gasteiger partial charge in [0.2, 0.25) is 5.91 Å². The molecular formula is C20H24N4O2. The van der Waals surface area contributed by atoms with E-state index in [4.69, 9.17) is 0 Å². The van der Waals surface area contributed by atoms with E-state index in [9.17, 15) is 9.59 Å². The fraction of sp³-hybridized carbons (Fsp3) is 0.350. The highest BCUT2D eigenvalue weighted by molar-refractivity contribution is 5.94. The molecule has 1 fully saturated rings. The number of amides is 2. The zero-order chi connectivity index (χ0) is 18.4. The summed E-state index contributed by atoms with van der Waals surface area (Å²) in [5.74, 6) is 0.455. The molecule has 6 heteroatoms. The topological polar surface area (TPSA) is 83.1 Å². The Balaban J connectivity index is 1.60. The SMILES string of the molecule is CC(=O)Nc1cccc(Nc2ccc(C(=O)NC3CCCCC3)cn2)c1. The van der Waals surface area contributed by atoms with Gasteiger partial charge in [0.05, 0.1) is 5.56 Å². The maximum Gasteiger partial charge on any atom is 0.253 e.